The zero-order valence-electron chi connectivity index (χ0n) is 11.0. The second-order valence-electron chi connectivity index (χ2n) is 5.16. The molecule has 1 amide bonds. The third-order valence-corrected chi connectivity index (χ3v) is 5.04. The fraction of sp³-hybridized carbons (Fsp3) is 0.417. The van der Waals surface area contributed by atoms with Gasteiger partial charge in [0.1, 0.15) is 11.6 Å². The Morgan fingerprint density at radius 3 is 2.42 bits per heavy atom. The van der Waals surface area contributed by atoms with Crippen LogP contribution in [-0.2, 0) is 14.6 Å². The number of halogens is 1. The Hall–Kier alpha value is -1.63. The molecule has 0 aromatic heterocycles. The van der Waals surface area contributed by atoms with Gasteiger partial charge in [0.15, 0.2) is 9.84 Å². The number of hydrogen-bond acceptors (Lipinski definition) is 4. The maximum Gasteiger partial charge on any atom is 0.239 e. The molecule has 0 heterocycles. The number of nitrogen functional groups attached to an aromatic ring is 1. The van der Waals surface area contributed by atoms with Crippen molar-refractivity contribution in [3.05, 3.63) is 24.0 Å². The van der Waals surface area contributed by atoms with E-state index in [1.807, 2.05) is 0 Å². The molecular formula is C12H17FN2O3S. The standard InChI is InChI=1S/C12H17FN2O3S/c1-12(2,3)19(17,18)7-11(16)15-8-4-5-9(13)10(14)6-8/h4-6H,7,14H2,1-3H3,(H,15,16). The summed E-state index contributed by atoms with van der Waals surface area (Å²) in [5, 5.41) is 2.37. The van der Waals surface area contributed by atoms with Crippen molar-refractivity contribution in [2.24, 2.45) is 0 Å². The molecule has 0 bridgehead atoms. The molecule has 5 nitrogen and oxygen atoms in total. The normalized spacial score (nSPS) is 12.2. The maximum atomic E-state index is 12.9. The third kappa shape index (κ3) is 3.92. The average molecular weight is 288 g/mol. The molecule has 0 spiro atoms. The van der Waals surface area contributed by atoms with E-state index in [1.165, 1.54) is 32.9 Å². The number of carbonyl (C=O) groups is 1. The molecule has 0 saturated heterocycles. The van der Waals surface area contributed by atoms with Crippen LogP contribution in [0.1, 0.15) is 20.8 Å². The summed E-state index contributed by atoms with van der Waals surface area (Å²) in [6.07, 6.45) is 0. The van der Waals surface area contributed by atoms with Crippen LogP contribution >= 0.6 is 0 Å². The number of sulfone groups is 1. The van der Waals surface area contributed by atoms with Crippen LogP contribution in [0.5, 0.6) is 0 Å². The fourth-order valence-electron chi connectivity index (χ4n) is 1.21. The lowest BCUT2D eigenvalue weighted by Crippen LogP contribution is -2.35. The van der Waals surface area contributed by atoms with Gasteiger partial charge >= 0.3 is 0 Å². The highest BCUT2D eigenvalue weighted by atomic mass is 32.2. The second-order valence-corrected chi connectivity index (χ2v) is 7.90. The number of nitrogens with two attached hydrogens (primary N) is 1. The molecule has 0 atom stereocenters. The molecule has 0 fully saturated rings. The van der Waals surface area contributed by atoms with Crippen LogP contribution in [0.15, 0.2) is 18.2 Å². The lowest BCUT2D eigenvalue weighted by atomic mass is 10.2. The van der Waals surface area contributed by atoms with Gasteiger partial charge in [0.2, 0.25) is 5.91 Å². The molecule has 0 saturated carbocycles. The van der Waals surface area contributed by atoms with Gasteiger partial charge in [0.05, 0.1) is 10.4 Å². The molecule has 106 valence electrons. The van der Waals surface area contributed by atoms with Crippen molar-refractivity contribution < 1.29 is 17.6 Å². The van der Waals surface area contributed by atoms with Crippen LogP contribution < -0.4 is 11.1 Å². The molecule has 3 N–H and O–H groups in total. The quantitative estimate of drug-likeness (QED) is 0.826. The number of hydrogen-bond donors (Lipinski definition) is 2. The van der Waals surface area contributed by atoms with E-state index >= 15 is 0 Å². The van der Waals surface area contributed by atoms with Crippen LogP contribution in [-0.4, -0.2) is 24.8 Å². The largest absolute Gasteiger partial charge is 0.396 e. The second kappa shape index (κ2) is 5.16. The summed E-state index contributed by atoms with van der Waals surface area (Å²) in [5.74, 6) is -1.91. The summed E-state index contributed by atoms with van der Waals surface area (Å²) >= 11 is 0. The van der Waals surface area contributed by atoms with Crippen molar-refractivity contribution in [1.82, 2.24) is 0 Å². The Morgan fingerprint density at radius 2 is 1.95 bits per heavy atom. The summed E-state index contributed by atoms with van der Waals surface area (Å²) < 4.78 is 35.6. The molecule has 0 aliphatic heterocycles. The van der Waals surface area contributed by atoms with Crippen molar-refractivity contribution in [2.75, 3.05) is 16.8 Å². The molecule has 0 unspecified atom stereocenters. The Kier molecular flexibility index (Phi) is 4.19. The highest BCUT2D eigenvalue weighted by molar-refractivity contribution is 7.93. The highest BCUT2D eigenvalue weighted by Gasteiger charge is 2.31. The lowest BCUT2D eigenvalue weighted by molar-refractivity contribution is -0.113. The van der Waals surface area contributed by atoms with Gasteiger partial charge in [-0.1, -0.05) is 0 Å². The van der Waals surface area contributed by atoms with Gasteiger partial charge in [-0.15, -0.1) is 0 Å². The number of amides is 1. The minimum atomic E-state index is -3.55. The Morgan fingerprint density at radius 1 is 1.37 bits per heavy atom. The van der Waals surface area contributed by atoms with E-state index < -0.39 is 32.1 Å². The smallest absolute Gasteiger partial charge is 0.239 e. The molecule has 1 rings (SSSR count). The SMILES string of the molecule is CC(C)(C)S(=O)(=O)CC(=O)Nc1ccc(F)c(N)c1. The third-order valence-electron chi connectivity index (χ3n) is 2.53. The van der Waals surface area contributed by atoms with Crippen molar-refractivity contribution in [2.45, 2.75) is 25.5 Å². The molecular weight excluding hydrogens is 271 g/mol. The van der Waals surface area contributed by atoms with Crippen LogP contribution in [0.25, 0.3) is 0 Å². The maximum absolute atomic E-state index is 12.9. The lowest BCUT2D eigenvalue weighted by Gasteiger charge is -2.18. The predicted molar refractivity (Wildman–Crippen MR) is 73.0 cm³/mol. The van der Waals surface area contributed by atoms with Gasteiger partial charge in [-0.2, -0.15) is 0 Å². The van der Waals surface area contributed by atoms with Gasteiger partial charge in [0, 0.05) is 5.69 Å². The van der Waals surface area contributed by atoms with E-state index in [2.05, 4.69) is 5.32 Å². The molecule has 7 heteroatoms. The van der Waals surface area contributed by atoms with E-state index in [-0.39, 0.29) is 11.4 Å². The van der Waals surface area contributed by atoms with Gasteiger partial charge in [0.25, 0.3) is 0 Å². The van der Waals surface area contributed by atoms with Crippen molar-refractivity contribution >= 4 is 27.1 Å². The van der Waals surface area contributed by atoms with Crippen molar-refractivity contribution in [3.63, 3.8) is 0 Å². The average Bonchev–Trinajstić information content (AvgIpc) is 2.21. The zero-order valence-corrected chi connectivity index (χ0v) is 11.8. The van der Waals surface area contributed by atoms with Crippen molar-refractivity contribution in [1.29, 1.82) is 0 Å². The molecule has 0 radical (unpaired) electrons. The summed E-state index contributed by atoms with van der Waals surface area (Å²) in [7, 11) is -3.55. The first kappa shape index (κ1) is 15.4. The molecule has 1 aromatic carbocycles. The van der Waals surface area contributed by atoms with E-state index in [1.54, 1.807) is 0 Å². The predicted octanol–water partition coefficient (Wildman–Crippen LogP) is 1.56. The van der Waals surface area contributed by atoms with Crippen LogP contribution in [0, 0.1) is 5.82 Å². The zero-order chi connectivity index (χ0) is 14.8. The topological polar surface area (TPSA) is 89.3 Å². The monoisotopic (exact) mass is 288 g/mol. The minimum absolute atomic E-state index is 0.114. The van der Waals surface area contributed by atoms with Crippen molar-refractivity contribution in [3.8, 4) is 0 Å². The van der Waals surface area contributed by atoms with Crippen LogP contribution in [0.4, 0.5) is 15.8 Å². The van der Waals surface area contributed by atoms with E-state index in [9.17, 15) is 17.6 Å². The molecule has 1 aromatic rings. The Balaban J connectivity index is 2.79. The van der Waals surface area contributed by atoms with Gasteiger partial charge < -0.3 is 11.1 Å². The minimum Gasteiger partial charge on any atom is -0.396 e. The number of benzene rings is 1. The summed E-state index contributed by atoms with van der Waals surface area (Å²) in [4.78, 5) is 11.6. The first-order valence-electron chi connectivity index (χ1n) is 5.60. The fourth-order valence-corrected chi connectivity index (χ4v) is 2.06. The first-order valence-corrected chi connectivity index (χ1v) is 7.25. The van der Waals surface area contributed by atoms with Gasteiger partial charge in [-0.3, -0.25) is 4.79 Å². The molecule has 0 aliphatic carbocycles. The molecule has 0 aliphatic rings. The Labute approximate surface area is 111 Å². The Bertz CT molecular complexity index is 591. The van der Waals surface area contributed by atoms with Gasteiger partial charge in [-0.05, 0) is 39.0 Å². The first-order chi connectivity index (χ1) is 8.53. The number of carbonyl (C=O) groups excluding carboxylic acids is 1. The summed E-state index contributed by atoms with van der Waals surface area (Å²) in [5.41, 5.74) is 5.49. The van der Waals surface area contributed by atoms with Crippen LogP contribution in [0.2, 0.25) is 0 Å². The van der Waals surface area contributed by atoms with Crippen LogP contribution in [0.3, 0.4) is 0 Å². The van der Waals surface area contributed by atoms with E-state index in [0.29, 0.717) is 0 Å². The summed E-state index contributed by atoms with van der Waals surface area (Å²) in [6.45, 7) is 4.56. The molecule has 19 heavy (non-hydrogen) atoms. The number of rotatable bonds is 3. The number of nitrogens with one attached hydrogen (secondary N) is 1. The van der Waals surface area contributed by atoms with E-state index in [0.717, 1.165) is 6.07 Å². The van der Waals surface area contributed by atoms with Gasteiger partial charge in [-0.25, -0.2) is 12.8 Å². The van der Waals surface area contributed by atoms with E-state index in [4.69, 9.17) is 5.73 Å². The summed E-state index contributed by atoms with van der Waals surface area (Å²) in [6, 6.07) is 3.65. The number of anilines is 2. The highest BCUT2D eigenvalue weighted by Crippen LogP contribution is 2.18.